The molecule has 0 saturated carbocycles. The fourth-order valence-corrected chi connectivity index (χ4v) is 1.66. The Hall–Kier alpha value is -0.780. The highest BCUT2D eigenvalue weighted by molar-refractivity contribution is 5.85. The number of halogens is 2. The molecule has 1 amide bonds. The van der Waals surface area contributed by atoms with Crippen molar-refractivity contribution in [3.63, 3.8) is 0 Å². The van der Waals surface area contributed by atoms with Gasteiger partial charge in [0.15, 0.2) is 0 Å². The number of rotatable bonds is 6. The predicted octanol–water partition coefficient (Wildman–Crippen LogP) is 1.74. The van der Waals surface area contributed by atoms with Crippen LogP contribution in [0.15, 0.2) is 12.4 Å². The van der Waals surface area contributed by atoms with E-state index in [1.807, 2.05) is 32.0 Å². The molecule has 1 atom stereocenters. The number of carbonyl (C=O) groups excluding carboxylic acids is 1. The van der Waals surface area contributed by atoms with Gasteiger partial charge in [-0.25, -0.2) is 0 Å². The highest BCUT2D eigenvalue weighted by atomic mass is 35.5. The van der Waals surface area contributed by atoms with E-state index < -0.39 is 0 Å². The van der Waals surface area contributed by atoms with Crippen molar-refractivity contribution in [1.82, 2.24) is 14.7 Å². The van der Waals surface area contributed by atoms with Crippen molar-refractivity contribution >= 4 is 30.7 Å². The third kappa shape index (κ3) is 7.40. The second-order valence-corrected chi connectivity index (χ2v) is 4.45. The highest BCUT2D eigenvalue weighted by Crippen LogP contribution is 2.06. The average molecular weight is 311 g/mol. The van der Waals surface area contributed by atoms with Crippen LogP contribution in [-0.4, -0.2) is 33.2 Å². The van der Waals surface area contributed by atoms with E-state index in [9.17, 15) is 4.79 Å². The molecule has 0 saturated heterocycles. The zero-order chi connectivity index (χ0) is 12.8. The van der Waals surface area contributed by atoms with Crippen LogP contribution < -0.4 is 5.73 Å². The molecule has 112 valence electrons. The van der Waals surface area contributed by atoms with Crippen molar-refractivity contribution in [2.75, 3.05) is 6.54 Å². The SMILES string of the molecule is CCN(Cc1cnn(C)c1)C(=O)CCC(C)N.Cl.Cl. The van der Waals surface area contributed by atoms with Crippen molar-refractivity contribution in [1.29, 1.82) is 0 Å². The van der Waals surface area contributed by atoms with E-state index in [-0.39, 0.29) is 36.8 Å². The molecule has 19 heavy (non-hydrogen) atoms. The van der Waals surface area contributed by atoms with Gasteiger partial charge in [-0.05, 0) is 20.3 Å². The van der Waals surface area contributed by atoms with Gasteiger partial charge in [-0.2, -0.15) is 5.10 Å². The molecule has 2 N–H and O–H groups in total. The largest absolute Gasteiger partial charge is 0.339 e. The lowest BCUT2D eigenvalue weighted by Crippen LogP contribution is -2.31. The summed E-state index contributed by atoms with van der Waals surface area (Å²) in [6, 6.07) is 0.0797. The molecular weight excluding hydrogens is 287 g/mol. The van der Waals surface area contributed by atoms with Gasteiger partial charge in [0.2, 0.25) is 5.91 Å². The summed E-state index contributed by atoms with van der Waals surface area (Å²) >= 11 is 0. The van der Waals surface area contributed by atoms with Gasteiger partial charge >= 0.3 is 0 Å². The van der Waals surface area contributed by atoms with Crippen LogP contribution in [0.2, 0.25) is 0 Å². The first kappa shape index (κ1) is 20.5. The van der Waals surface area contributed by atoms with Crippen LogP contribution in [-0.2, 0) is 18.4 Å². The molecule has 0 fully saturated rings. The number of aryl methyl sites for hydroxylation is 1. The third-order valence-electron chi connectivity index (χ3n) is 2.68. The van der Waals surface area contributed by atoms with Gasteiger partial charge in [-0.15, -0.1) is 24.8 Å². The first-order chi connectivity index (χ1) is 8.02. The maximum atomic E-state index is 11.9. The summed E-state index contributed by atoms with van der Waals surface area (Å²) < 4.78 is 1.75. The van der Waals surface area contributed by atoms with E-state index >= 15 is 0 Å². The summed E-state index contributed by atoms with van der Waals surface area (Å²) in [5.74, 6) is 0.161. The number of hydrogen-bond donors (Lipinski definition) is 1. The lowest BCUT2D eigenvalue weighted by Gasteiger charge is -2.20. The molecule has 1 rings (SSSR count). The van der Waals surface area contributed by atoms with E-state index in [4.69, 9.17) is 5.73 Å². The molecular formula is C12H24Cl2N4O. The Labute approximate surface area is 127 Å². The standard InChI is InChI=1S/C12H22N4O.2ClH/c1-4-16(12(17)6-5-10(2)13)9-11-7-14-15(3)8-11;;/h7-8,10H,4-6,9,13H2,1-3H3;2*1H. The van der Waals surface area contributed by atoms with E-state index in [0.29, 0.717) is 19.5 Å². The maximum Gasteiger partial charge on any atom is 0.222 e. The minimum atomic E-state index is 0. The molecule has 0 radical (unpaired) electrons. The molecule has 1 aromatic heterocycles. The number of amides is 1. The van der Waals surface area contributed by atoms with Gasteiger partial charge in [-0.1, -0.05) is 0 Å². The Morgan fingerprint density at radius 1 is 1.53 bits per heavy atom. The van der Waals surface area contributed by atoms with Gasteiger partial charge in [-0.3, -0.25) is 9.48 Å². The number of aromatic nitrogens is 2. The van der Waals surface area contributed by atoms with Crippen molar-refractivity contribution in [2.24, 2.45) is 12.8 Å². The minimum absolute atomic E-state index is 0. The van der Waals surface area contributed by atoms with Crippen molar-refractivity contribution in [3.05, 3.63) is 18.0 Å². The monoisotopic (exact) mass is 310 g/mol. The van der Waals surface area contributed by atoms with Crippen LogP contribution in [0.3, 0.4) is 0 Å². The van der Waals surface area contributed by atoms with Gasteiger partial charge in [0.05, 0.1) is 6.20 Å². The van der Waals surface area contributed by atoms with Crippen molar-refractivity contribution < 1.29 is 4.79 Å². The van der Waals surface area contributed by atoms with Crippen LogP contribution in [0.1, 0.15) is 32.3 Å². The normalized spacial score (nSPS) is 11.2. The van der Waals surface area contributed by atoms with E-state index in [2.05, 4.69) is 5.10 Å². The van der Waals surface area contributed by atoms with Crippen molar-refractivity contribution in [3.8, 4) is 0 Å². The molecule has 0 aliphatic heterocycles. The Morgan fingerprint density at radius 2 is 2.16 bits per heavy atom. The molecule has 0 aromatic carbocycles. The molecule has 5 nitrogen and oxygen atoms in total. The summed E-state index contributed by atoms with van der Waals surface area (Å²) in [5.41, 5.74) is 6.71. The molecule has 1 unspecified atom stereocenters. The lowest BCUT2D eigenvalue weighted by atomic mass is 10.2. The zero-order valence-corrected chi connectivity index (χ0v) is 13.3. The molecule has 7 heteroatoms. The highest BCUT2D eigenvalue weighted by Gasteiger charge is 2.13. The van der Waals surface area contributed by atoms with E-state index in [0.717, 1.165) is 12.0 Å². The number of hydrogen-bond acceptors (Lipinski definition) is 3. The number of carbonyl (C=O) groups is 1. The predicted molar refractivity (Wildman–Crippen MR) is 81.7 cm³/mol. The van der Waals surface area contributed by atoms with Crippen LogP contribution in [0.25, 0.3) is 0 Å². The van der Waals surface area contributed by atoms with Gasteiger partial charge in [0.1, 0.15) is 0 Å². The molecule has 0 aliphatic carbocycles. The Kier molecular flexibility index (Phi) is 10.9. The van der Waals surface area contributed by atoms with Crippen LogP contribution in [0.5, 0.6) is 0 Å². The fourth-order valence-electron chi connectivity index (χ4n) is 1.66. The summed E-state index contributed by atoms with van der Waals surface area (Å²) in [6.45, 7) is 5.25. The Bertz CT molecular complexity index is 368. The fraction of sp³-hybridized carbons (Fsp3) is 0.667. The van der Waals surface area contributed by atoms with Gasteiger partial charge in [0, 0.05) is 44.4 Å². The number of nitrogens with zero attached hydrogens (tertiary/aromatic N) is 3. The van der Waals surface area contributed by atoms with E-state index in [1.54, 1.807) is 10.9 Å². The summed E-state index contributed by atoms with van der Waals surface area (Å²) in [6.07, 6.45) is 4.98. The van der Waals surface area contributed by atoms with Gasteiger partial charge in [0.25, 0.3) is 0 Å². The first-order valence-corrected chi connectivity index (χ1v) is 6.03. The van der Waals surface area contributed by atoms with Gasteiger partial charge < -0.3 is 10.6 Å². The topological polar surface area (TPSA) is 64.2 Å². The summed E-state index contributed by atoms with van der Waals surface area (Å²) in [4.78, 5) is 13.8. The summed E-state index contributed by atoms with van der Waals surface area (Å²) in [5, 5.41) is 4.10. The third-order valence-corrected chi connectivity index (χ3v) is 2.68. The van der Waals surface area contributed by atoms with Crippen LogP contribution >= 0.6 is 24.8 Å². The first-order valence-electron chi connectivity index (χ1n) is 6.03. The molecule has 0 bridgehead atoms. The van der Waals surface area contributed by atoms with Crippen LogP contribution in [0, 0.1) is 0 Å². The number of nitrogens with two attached hydrogens (primary N) is 1. The second-order valence-electron chi connectivity index (χ2n) is 4.45. The Balaban J connectivity index is 0. The quantitative estimate of drug-likeness (QED) is 0.870. The summed E-state index contributed by atoms with van der Waals surface area (Å²) in [7, 11) is 1.87. The minimum Gasteiger partial charge on any atom is -0.339 e. The second kappa shape index (κ2) is 10.1. The lowest BCUT2D eigenvalue weighted by molar-refractivity contribution is -0.131. The molecule has 1 aromatic rings. The molecule has 0 aliphatic rings. The molecule has 1 heterocycles. The smallest absolute Gasteiger partial charge is 0.222 e. The average Bonchev–Trinajstić information content (AvgIpc) is 2.68. The van der Waals surface area contributed by atoms with Crippen LogP contribution in [0.4, 0.5) is 0 Å². The maximum absolute atomic E-state index is 11.9. The zero-order valence-electron chi connectivity index (χ0n) is 11.7. The van der Waals surface area contributed by atoms with E-state index in [1.165, 1.54) is 0 Å². The Morgan fingerprint density at radius 3 is 2.58 bits per heavy atom. The molecule has 0 spiro atoms. The van der Waals surface area contributed by atoms with Crippen molar-refractivity contribution in [2.45, 2.75) is 39.3 Å².